The summed E-state index contributed by atoms with van der Waals surface area (Å²) in [4.78, 5) is 15.0. The predicted octanol–water partition coefficient (Wildman–Crippen LogP) is 3.31. The maximum absolute atomic E-state index is 12.4. The van der Waals surface area contributed by atoms with Crippen LogP contribution in [0.5, 0.6) is 0 Å². The van der Waals surface area contributed by atoms with Crippen molar-refractivity contribution in [3.05, 3.63) is 34.3 Å². The molecule has 27 heavy (non-hydrogen) atoms. The van der Waals surface area contributed by atoms with E-state index < -0.39 is 0 Å². The molecule has 1 aliphatic heterocycles. The second-order valence-corrected chi connectivity index (χ2v) is 7.93. The zero-order valence-electron chi connectivity index (χ0n) is 15.9. The molecule has 0 radical (unpaired) electrons. The van der Waals surface area contributed by atoms with Crippen molar-refractivity contribution in [3.8, 4) is 6.07 Å². The van der Waals surface area contributed by atoms with E-state index in [1.54, 1.807) is 29.9 Å². The Morgan fingerprint density at radius 3 is 2.56 bits per heavy atom. The van der Waals surface area contributed by atoms with Gasteiger partial charge in [0.15, 0.2) is 5.58 Å². The second-order valence-electron chi connectivity index (χ2n) is 7.93. The number of aromatic nitrogens is 1. The summed E-state index contributed by atoms with van der Waals surface area (Å²) >= 11 is 0. The van der Waals surface area contributed by atoms with Crippen LogP contribution in [0.4, 0.5) is 0 Å². The van der Waals surface area contributed by atoms with Crippen LogP contribution in [0.3, 0.4) is 0 Å². The molecule has 1 aliphatic carbocycles. The smallest absolute Gasteiger partial charge is 0.408 e. The number of ether oxygens (including phenoxy) is 1. The maximum atomic E-state index is 12.4. The molecule has 4 rings (SSSR count). The fourth-order valence-electron chi connectivity index (χ4n) is 4.87. The van der Waals surface area contributed by atoms with Crippen LogP contribution < -0.4 is 5.76 Å². The first-order valence-electron chi connectivity index (χ1n) is 9.97. The molecule has 0 amide bonds. The Bertz CT molecular complexity index is 878. The first-order valence-corrected chi connectivity index (χ1v) is 9.97. The van der Waals surface area contributed by atoms with Crippen molar-refractivity contribution in [3.63, 3.8) is 0 Å². The highest BCUT2D eigenvalue weighted by atomic mass is 16.5. The largest absolute Gasteiger partial charge is 0.420 e. The topological polar surface area (TPSA) is 71.4 Å². The molecule has 0 atom stereocenters. The van der Waals surface area contributed by atoms with E-state index in [9.17, 15) is 4.79 Å². The molecule has 2 heterocycles. The number of hydrogen-bond acceptors (Lipinski definition) is 5. The van der Waals surface area contributed by atoms with Crippen molar-refractivity contribution in [2.75, 3.05) is 26.8 Å². The zero-order valence-corrected chi connectivity index (χ0v) is 15.9. The maximum Gasteiger partial charge on any atom is 0.420 e. The molecule has 2 aromatic rings. The number of hydrogen-bond donors (Lipinski definition) is 0. The van der Waals surface area contributed by atoms with E-state index in [1.165, 1.54) is 25.7 Å². The quantitative estimate of drug-likeness (QED) is 0.827. The van der Waals surface area contributed by atoms with Gasteiger partial charge in [-0.15, -0.1) is 0 Å². The Balaban J connectivity index is 1.43. The van der Waals surface area contributed by atoms with Gasteiger partial charge in [0.25, 0.3) is 0 Å². The van der Waals surface area contributed by atoms with Gasteiger partial charge < -0.3 is 14.1 Å². The number of fused-ring (bicyclic) bond motifs is 1. The normalized spacial score (nSPS) is 24.9. The van der Waals surface area contributed by atoms with E-state index in [1.807, 2.05) is 0 Å². The van der Waals surface area contributed by atoms with Crippen molar-refractivity contribution >= 4 is 11.1 Å². The molecule has 6 heteroatoms. The van der Waals surface area contributed by atoms with Gasteiger partial charge in [-0.25, -0.2) is 4.79 Å². The summed E-state index contributed by atoms with van der Waals surface area (Å²) in [5.74, 6) is 0.410. The van der Waals surface area contributed by atoms with E-state index in [0.29, 0.717) is 23.1 Å². The Kier molecular flexibility index (Phi) is 5.33. The van der Waals surface area contributed by atoms with E-state index in [0.717, 1.165) is 38.1 Å². The van der Waals surface area contributed by atoms with Crippen LogP contribution in [-0.2, 0) is 4.74 Å². The van der Waals surface area contributed by atoms with Crippen LogP contribution >= 0.6 is 0 Å². The first-order chi connectivity index (χ1) is 13.2. The Morgan fingerprint density at radius 1 is 1.15 bits per heavy atom. The number of piperidine rings is 1. The summed E-state index contributed by atoms with van der Waals surface area (Å²) in [5, 5.41) is 9.15. The molecule has 144 valence electrons. The minimum Gasteiger partial charge on any atom is -0.408 e. The second kappa shape index (κ2) is 7.87. The number of oxazole rings is 1. The van der Waals surface area contributed by atoms with Crippen LogP contribution in [0.15, 0.2) is 27.4 Å². The standard InChI is InChI=1S/C21H27N3O3/c1-26-14-15-2-5-17(6-3-15)23-10-8-18(9-11-23)24-19-12-16(13-22)4-7-20(19)27-21(24)25/h4,7,12,15,17-18H,2-3,5-6,8-11,14H2,1H3/t15-,17+. The average molecular weight is 369 g/mol. The van der Waals surface area contributed by atoms with Gasteiger partial charge in [-0.2, -0.15) is 5.26 Å². The van der Waals surface area contributed by atoms with Gasteiger partial charge in [0.1, 0.15) is 0 Å². The Labute approximate surface area is 159 Å². The average Bonchev–Trinajstić information content (AvgIpc) is 3.04. The fraction of sp³-hybridized carbons (Fsp3) is 0.619. The van der Waals surface area contributed by atoms with E-state index in [-0.39, 0.29) is 11.8 Å². The van der Waals surface area contributed by atoms with Gasteiger partial charge in [-0.3, -0.25) is 4.57 Å². The van der Waals surface area contributed by atoms with E-state index in [2.05, 4.69) is 11.0 Å². The lowest BCUT2D eigenvalue weighted by molar-refractivity contribution is 0.0710. The number of nitriles is 1. The number of methoxy groups -OCH3 is 1. The van der Waals surface area contributed by atoms with Crippen molar-refractivity contribution in [2.45, 2.75) is 50.6 Å². The first kappa shape index (κ1) is 18.3. The van der Waals surface area contributed by atoms with Crippen LogP contribution in [0.1, 0.15) is 50.1 Å². The molecular weight excluding hydrogens is 342 g/mol. The van der Waals surface area contributed by atoms with Crippen LogP contribution in [0.2, 0.25) is 0 Å². The van der Waals surface area contributed by atoms with Crippen LogP contribution in [0, 0.1) is 17.2 Å². The van der Waals surface area contributed by atoms with Crippen molar-refractivity contribution in [2.24, 2.45) is 5.92 Å². The molecule has 1 saturated heterocycles. The summed E-state index contributed by atoms with van der Waals surface area (Å²) in [6.07, 6.45) is 6.90. The fourth-order valence-corrected chi connectivity index (χ4v) is 4.87. The predicted molar refractivity (Wildman–Crippen MR) is 103 cm³/mol. The summed E-state index contributed by atoms with van der Waals surface area (Å²) < 4.78 is 12.5. The number of nitrogens with zero attached hydrogens (tertiary/aromatic N) is 3. The van der Waals surface area contributed by atoms with E-state index >= 15 is 0 Å². The van der Waals surface area contributed by atoms with Gasteiger partial charge in [0.05, 0.1) is 17.1 Å². The summed E-state index contributed by atoms with van der Waals surface area (Å²) in [5.41, 5.74) is 1.87. The molecule has 0 spiro atoms. The summed E-state index contributed by atoms with van der Waals surface area (Å²) in [6, 6.07) is 8.14. The zero-order chi connectivity index (χ0) is 18.8. The van der Waals surface area contributed by atoms with E-state index in [4.69, 9.17) is 14.4 Å². The summed E-state index contributed by atoms with van der Waals surface area (Å²) in [7, 11) is 1.79. The molecule has 0 N–H and O–H groups in total. The van der Waals surface area contributed by atoms with Crippen molar-refractivity contribution in [1.29, 1.82) is 5.26 Å². The molecule has 2 aliphatic rings. The molecular formula is C21H27N3O3. The SMILES string of the molecule is COC[C@H]1CC[C@@H](N2CCC(n3c(=O)oc4ccc(C#N)cc43)CC2)CC1. The van der Waals surface area contributed by atoms with Gasteiger partial charge in [-0.05, 0) is 62.6 Å². The molecule has 1 saturated carbocycles. The molecule has 1 aromatic heterocycles. The molecule has 2 fully saturated rings. The third-order valence-corrected chi connectivity index (χ3v) is 6.34. The van der Waals surface area contributed by atoms with Crippen molar-refractivity contribution < 1.29 is 9.15 Å². The highest BCUT2D eigenvalue weighted by Crippen LogP contribution is 2.32. The lowest BCUT2D eigenvalue weighted by Crippen LogP contribution is -2.44. The monoisotopic (exact) mass is 369 g/mol. The minimum absolute atomic E-state index is 0.147. The highest BCUT2D eigenvalue weighted by Gasteiger charge is 2.30. The molecule has 1 aromatic carbocycles. The van der Waals surface area contributed by atoms with Crippen molar-refractivity contribution in [1.82, 2.24) is 9.47 Å². The third kappa shape index (κ3) is 3.67. The Morgan fingerprint density at radius 2 is 1.89 bits per heavy atom. The lowest BCUT2D eigenvalue weighted by atomic mass is 9.85. The Hall–Kier alpha value is -2.10. The lowest BCUT2D eigenvalue weighted by Gasteiger charge is -2.40. The number of likely N-dealkylation sites (tertiary alicyclic amines) is 1. The van der Waals surface area contributed by atoms with Crippen LogP contribution in [-0.4, -0.2) is 42.3 Å². The summed E-state index contributed by atoms with van der Waals surface area (Å²) in [6.45, 7) is 2.92. The third-order valence-electron chi connectivity index (χ3n) is 6.34. The molecule has 0 bridgehead atoms. The number of rotatable bonds is 4. The van der Waals surface area contributed by atoms with Gasteiger partial charge in [-0.1, -0.05) is 0 Å². The van der Waals surface area contributed by atoms with Crippen LogP contribution in [0.25, 0.3) is 11.1 Å². The van der Waals surface area contributed by atoms with Gasteiger partial charge in [0, 0.05) is 38.9 Å². The van der Waals surface area contributed by atoms with Gasteiger partial charge >= 0.3 is 5.76 Å². The molecule has 6 nitrogen and oxygen atoms in total. The van der Waals surface area contributed by atoms with Gasteiger partial charge in [0.2, 0.25) is 0 Å². The minimum atomic E-state index is -0.307. The highest BCUT2D eigenvalue weighted by molar-refractivity contribution is 5.75. The number of benzene rings is 1. The molecule has 0 unspecified atom stereocenters.